The molecule has 2 rings (SSSR count). The molecule has 0 spiro atoms. The van der Waals surface area contributed by atoms with E-state index >= 15 is 0 Å². The Hall–Kier alpha value is -1.81. The van der Waals surface area contributed by atoms with Crippen LogP contribution in [0.25, 0.3) is 0 Å². The normalized spacial score (nSPS) is 11.2. The van der Waals surface area contributed by atoms with Gasteiger partial charge >= 0.3 is 0 Å². The van der Waals surface area contributed by atoms with Gasteiger partial charge in [-0.05, 0) is 0 Å². The Morgan fingerprint density at radius 2 is 1.79 bits per heavy atom. The van der Waals surface area contributed by atoms with E-state index in [1.165, 1.54) is 7.11 Å². The first-order valence-corrected chi connectivity index (χ1v) is 9.00. The molecule has 0 saturated carbocycles. The number of nitro groups is 1. The Kier molecular flexibility index (Phi) is 5.38. The van der Waals surface area contributed by atoms with Crippen molar-refractivity contribution in [2.75, 3.05) is 7.11 Å². The third-order valence-corrected chi connectivity index (χ3v) is 4.54. The highest BCUT2D eigenvalue weighted by molar-refractivity contribution is 8.13. The molecule has 2 aromatic rings. The maximum Gasteiger partial charge on any atom is 0.272 e. The van der Waals surface area contributed by atoms with Crippen molar-refractivity contribution in [3.63, 3.8) is 0 Å². The van der Waals surface area contributed by atoms with Gasteiger partial charge in [-0.2, -0.15) is 0 Å². The lowest BCUT2D eigenvalue weighted by Crippen LogP contribution is -2.00. The summed E-state index contributed by atoms with van der Waals surface area (Å²) in [5, 5.41) is 10.5. The van der Waals surface area contributed by atoms with E-state index in [1.54, 1.807) is 0 Å². The smallest absolute Gasteiger partial charge is 0.272 e. The zero-order chi connectivity index (χ0) is 18.1. The molecule has 0 atom stereocenters. The zero-order valence-electron chi connectivity index (χ0n) is 11.7. The van der Waals surface area contributed by atoms with Gasteiger partial charge in [0.15, 0.2) is 5.75 Å². The van der Waals surface area contributed by atoms with E-state index in [9.17, 15) is 18.5 Å². The van der Waals surface area contributed by atoms with Crippen LogP contribution in [0.2, 0.25) is 10.0 Å². The standard InChI is InChI=1S/C12H7Cl3N2O6S/c1-22-12-10(24(15,20)21)4-7(5-16-12)23-11-8(13)2-6(17(18)19)3-9(11)14/h2-5H,1H3. The van der Waals surface area contributed by atoms with E-state index in [2.05, 4.69) is 4.98 Å². The molecule has 0 amide bonds. The van der Waals surface area contributed by atoms with Crippen molar-refractivity contribution >= 4 is 48.6 Å². The van der Waals surface area contributed by atoms with Gasteiger partial charge in [-0.1, -0.05) is 23.2 Å². The lowest BCUT2D eigenvalue weighted by Gasteiger charge is -2.11. The van der Waals surface area contributed by atoms with Crippen LogP contribution in [0.5, 0.6) is 17.4 Å². The highest BCUT2D eigenvalue weighted by atomic mass is 35.7. The summed E-state index contributed by atoms with van der Waals surface area (Å²) in [7, 11) is 2.38. The van der Waals surface area contributed by atoms with Crippen LogP contribution in [0.3, 0.4) is 0 Å². The maximum atomic E-state index is 11.5. The third kappa shape index (κ3) is 3.99. The Morgan fingerprint density at radius 3 is 2.25 bits per heavy atom. The molecule has 0 bridgehead atoms. The van der Waals surface area contributed by atoms with Gasteiger partial charge in [0.05, 0.1) is 28.3 Å². The predicted molar refractivity (Wildman–Crippen MR) is 87.0 cm³/mol. The Labute approximate surface area is 150 Å². The summed E-state index contributed by atoms with van der Waals surface area (Å²) in [6.45, 7) is 0. The highest BCUT2D eigenvalue weighted by Gasteiger charge is 2.21. The van der Waals surface area contributed by atoms with E-state index < -0.39 is 18.9 Å². The lowest BCUT2D eigenvalue weighted by molar-refractivity contribution is -0.384. The summed E-state index contributed by atoms with van der Waals surface area (Å²) in [5.74, 6) is -0.389. The van der Waals surface area contributed by atoms with Crippen LogP contribution < -0.4 is 9.47 Å². The van der Waals surface area contributed by atoms with Crippen molar-refractivity contribution in [2.24, 2.45) is 0 Å². The van der Waals surface area contributed by atoms with Gasteiger partial charge < -0.3 is 9.47 Å². The number of nitro benzene ring substituents is 1. The molecule has 1 heterocycles. The third-order valence-electron chi connectivity index (χ3n) is 2.66. The number of hydrogen-bond donors (Lipinski definition) is 0. The topological polar surface area (TPSA) is 109 Å². The molecule has 8 nitrogen and oxygen atoms in total. The minimum atomic E-state index is -4.15. The van der Waals surface area contributed by atoms with Crippen LogP contribution in [0, 0.1) is 10.1 Å². The average Bonchev–Trinajstić information content (AvgIpc) is 2.49. The van der Waals surface area contributed by atoms with Crippen molar-refractivity contribution in [1.82, 2.24) is 4.98 Å². The van der Waals surface area contributed by atoms with Crippen molar-refractivity contribution in [3.05, 3.63) is 44.6 Å². The second kappa shape index (κ2) is 6.98. The van der Waals surface area contributed by atoms with E-state index in [1.807, 2.05) is 0 Å². The number of rotatable bonds is 5. The fourth-order valence-corrected chi connectivity index (χ4v) is 3.15. The molecule has 1 aromatic heterocycles. The molecule has 0 aliphatic rings. The van der Waals surface area contributed by atoms with Crippen LogP contribution in [0.1, 0.15) is 0 Å². The lowest BCUT2D eigenvalue weighted by atomic mass is 10.3. The summed E-state index contributed by atoms with van der Waals surface area (Å²) in [6.07, 6.45) is 1.15. The number of hydrogen-bond acceptors (Lipinski definition) is 7. The molecule has 0 saturated heterocycles. The fourth-order valence-electron chi connectivity index (χ4n) is 1.67. The number of aromatic nitrogens is 1. The van der Waals surface area contributed by atoms with Gasteiger partial charge in [-0.25, -0.2) is 13.4 Å². The first kappa shape index (κ1) is 18.5. The number of non-ortho nitro benzene ring substituents is 1. The number of pyridine rings is 1. The summed E-state index contributed by atoms with van der Waals surface area (Å²) >= 11 is 11.8. The molecule has 128 valence electrons. The predicted octanol–water partition coefficient (Wildman–Crippen LogP) is 4.03. The Morgan fingerprint density at radius 1 is 1.21 bits per heavy atom. The van der Waals surface area contributed by atoms with E-state index in [-0.39, 0.29) is 33.1 Å². The number of halogens is 3. The molecule has 0 unspecified atom stereocenters. The summed E-state index contributed by atoms with van der Waals surface area (Å²) in [5.41, 5.74) is -0.325. The first-order valence-electron chi connectivity index (χ1n) is 5.93. The molecule has 1 aromatic carbocycles. The van der Waals surface area contributed by atoms with Gasteiger partial charge in [0.1, 0.15) is 10.6 Å². The molecule has 0 aliphatic heterocycles. The van der Waals surface area contributed by atoms with Crippen LogP contribution in [0.15, 0.2) is 29.3 Å². The first-order chi connectivity index (χ1) is 11.1. The zero-order valence-corrected chi connectivity index (χ0v) is 14.8. The van der Waals surface area contributed by atoms with E-state index in [4.69, 9.17) is 43.4 Å². The van der Waals surface area contributed by atoms with E-state index in [0.29, 0.717) is 0 Å². The van der Waals surface area contributed by atoms with Crippen molar-refractivity contribution < 1.29 is 22.8 Å². The minimum Gasteiger partial charge on any atom is -0.480 e. The average molecular weight is 414 g/mol. The molecule has 0 fully saturated rings. The van der Waals surface area contributed by atoms with Gasteiger partial charge in [-0.15, -0.1) is 0 Å². The van der Waals surface area contributed by atoms with Crippen LogP contribution in [-0.4, -0.2) is 25.4 Å². The molecular formula is C12H7Cl3N2O6S. The fraction of sp³-hybridized carbons (Fsp3) is 0.0833. The van der Waals surface area contributed by atoms with Crippen LogP contribution in [-0.2, 0) is 9.05 Å². The quantitative estimate of drug-likeness (QED) is 0.413. The molecule has 0 aliphatic carbocycles. The van der Waals surface area contributed by atoms with Gasteiger partial charge in [-0.3, -0.25) is 10.1 Å². The van der Waals surface area contributed by atoms with E-state index in [0.717, 1.165) is 24.4 Å². The molecule has 0 N–H and O–H groups in total. The van der Waals surface area contributed by atoms with Gasteiger partial charge in [0, 0.05) is 28.9 Å². The SMILES string of the molecule is COc1ncc(Oc2c(Cl)cc([N+](=O)[O-])cc2Cl)cc1S(=O)(=O)Cl. The number of methoxy groups -OCH3 is 1. The Balaban J connectivity index is 2.48. The maximum absolute atomic E-state index is 11.5. The number of benzene rings is 1. The highest BCUT2D eigenvalue weighted by Crippen LogP contribution is 2.40. The van der Waals surface area contributed by atoms with Crippen molar-refractivity contribution in [2.45, 2.75) is 4.90 Å². The summed E-state index contributed by atoms with van der Waals surface area (Å²) in [4.78, 5) is 13.4. The number of ether oxygens (including phenoxy) is 2. The van der Waals surface area contributed by atoms with Crippen LogP contribution in [0.4, 0.5) is 5.69 Å². The largest absolute Gasteiger partial charge is 0.480 e. The van der Waals surface area contributed by atoms with Crippen molar-refractivity contribution in [1.29, 1.82) is 0 Å². The van der Waals surface area contributed by atoms with Crippen LogP contribution >= 0.6 is 33.9 Å². The summed E-state index contributed by atoms with van der Waals surface area (Å²) < 4.78 is 33.3. The molecule has 24 heavy (non-hydrogen) atoms. The van der Waals surface area contributed by atoms with Gasteiger partial charge in [0.25, 0.3) is 14.7 Å². The molecular weight excluding hydrogens is 407 g/mol. The van der Waals surface area contributed by atoms with Crippen molar-refractivity contribution in [3.8, 4) is 17.4 Å². The molecule has 0 radical (unpaired) electrons. The second-order valence-electron chi connectivity index (χ2n) is 4.21. The second-order valence-corrected chi connectivity index (χ2v) is 7.56. The minimum absolute atomic E-state index is 0.0623. The summed E-state index contributed by atoms with van der Waals surface area (Å²) in [6, 6.07) is 3.14. The Bertz CT molecular complexity index is 896. The molecule has 12 heteroatoms. The number of nitrogens with zero attached hydrogens (tertiary/aromatic N) is 2. The van der Waals surface area contributed by atoms with Gasteiger partial charge in [0.2, 0.25) is 5.88 Å². The monoisotopic (exact) mass is 412 g/mol.